The molecule has 0 N–H and O–H groups in total. The van der Waals surface area contributed by atoms with Gasteiger partial charge >= 0.3 is 5.97 Å². The SMILES string of the molecule is CCOC(=O)COc1ccc(-c2ccc(OCc3ccccc3)cc2)cc1. The molecule has 0 aromatic heterocycles. The molecule has 0 bridgehead atoms. The second-order valence-corrected chi connectivity index (χ2v) is 5.92. The van der Waals surface area contributed by atoms with Crippen LogP contribution < -0.4 is 9.47 Å². The van der Waals surface area contributed by atoms with E-state index in [1.807, 2.05) is 78.9 Å². The molecule has 0 aliphatic heterocycles. The number of hydrogen-bond acceptors (Lipinski definition) is 4. The summed E-state index contributed by atoms with van der Waals surface area (Å²) in [6.45, 7) is 2.59. The van der Waals surface area contributed by atoms with Crippen LogP contribution in [0.2, 0.25) is 0 Å². The van der Waals surface area contributed by atoms with Gasteiger partial charge in [-0.05, 0) is 47.9 Å². The van der Waals surface area contributed by atoms with Gasteiger partial charge in [0.25, 0.3) is 0 Å². The molecule has 0 amide bonds. The van der Waals surface area contributed by atoms with Gasteiger partial charge in [-0.2, -0.15) is 0 Å². The van der Waals surface area contributed by atoms with Crippen molar-refractivity contribution in [3.63, 3.8) is 0 Å². The van der Waals surface area contributed by atoms with Crippen LogP contribution in [0.5, 0.6) is 11.5 Å². The third-order valence-corrected chi connectivity index (χ3v) is 3.95. The van der Waals surface area contributed by atoms with E-state index in [1.165, 1.54) is 0 Å². The minimum atomic E-state index is -0.368. The van der Waals surface area contributed by atoms with E-state index in [4.69, 9.17) is 14.2 Å². The molecule has 0 heterocycles. The van der Waals surface area contributed by atoms with E-state index in [2.05, 4.69) is 0 Å². The highest BCUT2D eigenvalue weighted by atomic mass is 16.6. The summed E-state index contributed by atoms with van der Waals surface area (Å²) in [5.74, 6) is 1.10. The van der Waals surface area contributed by atoms with Crippen LogP contribution >= 0.6 is 0 Å². The number of carbonyl (C=O) groups excluding carboxylic acids is 1. The third kappa shape index (κ3) is 5.61. The van der Waals surface area contributed by atoms with Crippen molar-refractivity contribution in [1.29, 1.82) is 0 Å². The molecule has 0 fully saturated rings. The summed E-state index contributed by atoms with van der Waals surface area (Å²) in [4.78, 5) is 11.3. The van der Waals surface area contributed by atoms with Gasteiger partial charge in [-0.1, -0.05) is 54.6 Å². The normalized spacial score (nSPS) is 10.3. The molecule has 0 aliphatic carbocycles. The highest BCUT2D eigenvalue weighted by Gasteiger charge is 2.04. The van der Waals surface area contributed by atoms with Crippen molar-refractivity contribution in [2.45, 2.75) is 13.5 Å². The molecule has 3 aromatic rings. The molecule has 0 unspecified atom stereocenters. The van der Waals surface area contributed by atoms with E-state index in [1.54, 1.807) is 6.92 Å². The highest BCUT2D eigenvalue weighted by molar-refractivity contribution is 5.71. The fourth-order valence-electron chi connectivity index (χ4n) is 2.57. The first-order chi connectivity index (χ1) is 13.2. The van der Waals surface area contributed by atoms with Gasteiger partial charge in [0.15, 0.2) is 6.61 Å². The molecule has 4 nitrogen and oxygen atoms in total. The molecule has 0 radical (unpaired) electrons. The lowest BCUT2D eigenvalue weighted by Gasteiger charge is -2.09. The topological polar surface area (TPSA) is 44.8 Å². The Labute approximate surface area is 159 Å². The van der Waals surface area contributed by atoms with Crippen molar-refractivity contribution in [2.24, 2.45) is 0 Å². The lowest BCUT2D eigenvalue weighted by atomic mass is 10.1. The first-order valence-electron chi connectivity index (χ1n) is 8.90. The number of esters is 1. The van der Waals surface area contributed by atoms with Gasteiger partial charge in [-0.25, -0.2) is 4.79 Å². The third-order valence-electron chi connectivity index (χ3n) is 3.95. The van der Waals surface area contributed by atoms with Gasteiger partial charge in [0, 0.05) is 0 Å². The fourth-order valence-corrected chi connectivity index (χ4v) is 2.57. The van der Waals surface area contributed by atoms with Crippen LogP contribution in [-0.4, -0.2) is 19.2 Å². The van der Waals surface area contributed by atoms with Crippen LogP contribution in [0, 0.1) is 0 Å². The summed E-state index contributed by atoms with van der Waals surface area (Å²) in [6.07, 6.45) is 0. The quantitative estimate of drug-likeness (QED) is 0.536. The maximum atomic E-state index is 11.3. The molecule has 3 rings (SSSR count). The summed E-state index contributed by atoms with van der Waals surface area (Å²) in [5.41, 5.74) is 3.28. The Morgan fingerprint density at radius 1 is 0.741 bits per heavy atom. The summed E-state index contributed by atoms with van der Waals surface area (Å²) >= 11 is 0. The van der Waals surface area contributed by atoms with Gasteiger partial charge in [-0.3, -0.25) is 0 Å². The number of hydrogen-bond donors (Lipinski definition) is 0. The van der Waals surface area contributed by atoms with Crippen LogP contribution in [0.25, 0.3) is 11.1 Å². The number of benzene rings is 3. The predicted octanol–water partition coefficient (Wildman–Crippen LogP) is 4.87. The van der Waals surface area contributed by atoms with Gasteiger partial charge in [0.2, 0.25) is 0 Å². The summed E-state index contributed by atoms with van der Waals surface area (Å²) in [6, 6.07) is 25.6. The van der Waals surface area contributed by atoms with Crippen molar-refractivity contribution in [3.05, 3.63) is 84.4 Å². The van der Waals surface area contributed by atoms with Gasteiger partial charge in [0.1, 0.15) is 18.1 Å². The first-order valence-corrected chi connectivity index (χ1v) is 8.90. The summed E-state index contributed by atoms with van der Waals surface area (Å²) in [7, 11) is 0. The maximum absolute atomic E-state index is 11.3. The Kier molecular flexibility index (Phi) is 6.47. The van der Waals surface area contributed by atoms with E-state index >= 15 is 0 Å². The molecule has 0 saturated carbocycles. The zero-order chi connectivity index (χ0) is 18.9. The zero-order valence-electron chi connectivity index (χ0n) is 15.3. The Balaban J connectivity index is 1.55. The lowest BCUT2D eigenvalue weighted by Crippen LogP contribution is -2.14. The van der Waals surface area contributed by atoms with Crippen LogP contribution in [-0.2, 0) is 16.1 Å². The molecule has 4 heteroatoms. The standard InChI is InChI=1S/C23H22O4/c1-2-25-23(24)17-27-22-14-10-20(11-15-22)19-8-12-21(13-9-19)26-16-18-6-4-3-5-7-18/h3-15H,2,16-17H2,1H3. The van der Waals surface area contributed by atoms with Crippen LogP contribution in [0.15, 0.2) is 78.9 Å². The smallest absolute Gasteiger partial charge is 0.344 e. The average molecular weight is 362 g/mol. The average Bonchev–Trinajstić information content (AvgIpc) is 2.73. The maximum Gasteiger partial charge on any atom is 0.344 e. The van der Waals surface area contributed by atoms with E-state index in [9.17, 15) is 4.79 Å². The monoisotopic (exact) mass is 362 g/mol. The van der Waals surface area contributed by atoms with Crippen LogP contribution in [0.4, 0.5) is 0 Å². The van der Waals surface area contributed by atoms with Gasteiger partial charge in [-0.15, -0.1) is 0 Å². The Hall–Kier alpha value is -3.27. The zero-order valence-corrected chi connectivity index (χ0v) is 15.3. The minimum Gasteiger partial charge on any atom is -0.489 e. The Morgan fingerprint density at radius 3 is 1.85 bits per heavy atom. The number of ether oxygens (including phenoxy) is 3. The lowest BCUT2D eigenvalue weighted by molar-refractivity contribution is -0.145. The number of rotatable bonds is 8. The molecule has 27 heavy (non-hydrogen) atoms. The van der Waals surface area contributed by atoms with Crippen LogP contribution in [0.1, 0.15) is 12.5 Å². The molecular formula is C23H22O4. The largest absolute Gasteiger partial charge is 0.489 e. The van der Waals surface area contributed by atoms with Crippen molar-refractivity contribution in [1.82, 2.24) is 0 Å². The Bertz CT molecular complexity index is 840. The van der Waals surface area contributed by atoms with Gasteiger partial charge in [0.05, 0.1) is 6.61 Å². The molecule has 138 valence electrons. The van der Waals surface area contributed by atoms with E-state index < -0.39 is 0 Å². The second-order valence-electron chi connectivity index (χ2n) is 5.92. The molecular weight excluding hydrogens is 340 g/mol. The van der Waals surface area contributed by atoms with Crippen molar-refractivity contribution < 1.29 is 19.0 Å². The van der Waals surface area contributed by atoms with E-state index in [0.29, 0.717) is 19.0 Å². The van der Waals surface area contributed by atoms with Crippen molar-refractivity contribution in [2.75, 3.05) is 13.2 Å². The van der Waals surface area contributed by atoms with E-state index in [-0.39, 0.29) is 12.6 Å². The van der Waals surface area contributed by atoms with E-state index in [0.717, 1.165) is 22.4 Å². The molecule has 0 saturated heterocycles. The fraction of sp³-hybridized carbons (Fsp3) is 0.174. The molecule has 3 aromatic carbocycles. The first kappa shape index (κ1) is 18.5. The number of carbonyl (C=O) groups is 1. The van der Waals surface area contributed by atoms with Crippen molar-refractivity contribution in [3.8, 4) is 22.6 Å². The molecule has 0 atom stereocenters. The predicted molar refractivity (Wildman–Crippen MR) is 105 cm³/mol. The van der Waals surface area contributed by atoms with Gasteiger partial charge < -0.3 is 14.2 Å². The van der Waals surface area contributed by atoms with Crippen LogP contribution in [0.3, 0.4) is 0 Å². The summed E-state index contributed by atoms with van der Waals surface area (Å²) in [5, 5.41) is 0. The molecule has 0 aliphatic rings. The second kappa shape index (κ2) is 9.43. The Morgan fingerprint density at radius 2 is 1.30 bits per heavy atom. The highest BCUT2D eigenvalue weighted by Crippen LogP contribution is 2.25. The van der Waals surface area contributed by atoms with Crippen molar-refractivity contribution >= 4 is 5.97 Å². The summed E-state index contributed by atoms with van der Waals surface area (Å²) < 4.78 is 16.1. The minimum absolute atomic E-state index is 0.0827. The molecule has 0 spiro atoms.